The molecule has 1 aromatic rings. The van der Waals surface area contributed by atoms with Crippen LogP contribution in [-0.4, -0.2) is 9.55 Å². The number of hydrogen-bond donors (Lipinski definition) is 0. The Morgan fingerprint density at radius 1 is 1.43 bits per heavy atom. The maximum absolute atomic E-state index is 11.7. The van der Waals surface area contributed by atoms with Crippen LogP contribution in [0, 0.1) is 0 Å². The van der Waals surface area contributed by atoms with Gasteiger partial charge in [0.2, 0.25) is 0 Å². The minimum absolute atomic E-state index is 0.0399. The third-order valence-corrected chi connectivity index (χ3v) is 2.54. The van der Waals surface area contributed by atoms with Crippen LogP contribution in [0.2, 0.25) is 0 Å². The van der Waals surface area contributed by atoms with Crippen LogP contribution in [0.4, 0.5) is 0 Å². The molecule has 0 saturated heterocycles. The van der Waals surface area contributed by atoms with Gasteiger partial charge in [-0.3, -0.25) is 9.36 Å². The lowest BCUT2D eigenvalue weighted by Gasteiger charge is -2.17. The fourth-order valence-corrected chi connectivity index (χ4v) is 1.45. The molecule has 0 aliphatic heterocycles. The molecule has 0 N–H and O–H groups in total. The van der Waals surface area contributed by atoms with E-state index in [2.05, 4.69) is 25.8 Å². The van der Waals surface area contributed by atoms with E-state index in [0.717, 1.165) is 18.5 Å². The molecule has 2 rings (SSSR count). The third kappa shape index (κ3) is 1.72. The van der Waals surface area contributed by atoms with E-state index in [1.54, 1.807) is 17.0 Å². The molecule has 76 valence electrons. The number of nitrogens with zero attached hydrogens (tertiary/aromatic N) is 2. The molecule has 1 heterocycles. The summed E-state index contributed by atoms with van der Waals surface area (Å²) in [4.78, 5) is 16.0. The largest absolute Gasteiger partial charge is 0.296 e. The first kappa shape index (κ1) is 9.44. The molecule has 0 radical (unpaired) electrons. The van der Waals surface area contributed by atoms with Crippen molar-refractivity contribution in [2.45, 2.75) is 45.1 Å². The van der Waals surface area contributed by atoms with Gasteiger partial charge < -0.3 is 0 Å². The molecule has 14 heavy (non-hydrogen) atoms. The van der Waals surface area contributed by atoms with Crippen LogP contribution in [0.5, 0.6) is 0 Å². The molecule has 1 fully saturated rings. The lowest BCUT2D eigenvalue weighted by Crippen LogP contribution is -2.24. The van der Waals surface area contributed by atoms with E-state index in [9.17, 15) is 4.79 Å². The second kappa shape index (κ2) is 2.94. The summed E-state index contributed by atoms with van der Waals surface area (Å²) in [5.41, 5.74) is 0.925. The summed E-state index contributed by atoms with van der Waals surface area (Å²) >= 11 is 0. The maximum atomic E-state index is 11.7. The Balaban J connectivity index is 2.40. The summed E-state index contributed by atoms with van der Waals surface area (Å²) in [5.74, 6) is 0. The van der Waals surface area contributed by atoms with Crippen molar-refractivity contribution in [1.82, 2.24) is 9.55 Å². The zero-order chi connectivity index (χ0) is 10.3. The average molecular weight is 192 g/mol. The SMILES string of the molecule is CC(C)(C)c1cc(=O)n(C2CC2)cn1. The molecule has 0 amide bonds. The van der Waals surface area contributed by atoms with Crippen molar-refractivity contribution in [2.75, 3.05) is 0 Å². The van der Waals surface area contributed by atoms with Gasteiger partial charge in [-0.2, -0.15) is 0 Å². The van der Waals surface area contributed by atoms with Gasteiger partial charge in [0.05, 0.1) is 12.0 Å². The summed E-state index contributed by atoms with van der Waals surface area (Å²) in [6, 6.07) is 2.09. The Bertz CT molecular complexity index is 396. The minimum atomic E-state index is -0.0399. The molecule has 0 unspecified atom stereocenters. The van der Waals surface area contributed by atoms with Gasteiger partial charge in [-0.05, 0) is 12.8 Å². The predicted octanol–water partition coefficient (Wildman–Crippen LogP) is 1.88. The van der Waals surface area contributed by atoms with Crippen molar-refractivity contribution in [3.63, 3.8) is 0 Å². The van der Waals surface area contributed by atoms with E-state index in [1.807, 2.05) is 0 Å². The van der Waals surface area contributed by atoms with Gasteiger partial charge in [0.1, 0.15) is 0 Å². The molecule has 0 spiro atoms. The topological polar surface area (TPSA) is 34.9 Å². The molecule has 1 aliphatic rings. The highest BCUT2D eigenvalue weighted by Gasteiger charge is 2.25. The van der Waals surface area contributed by atoms with Crippen LogP contribution in [-0.2, 0) is 5.41 Å². The number of rotatable bonds is 1. The highest BCUT2D eigenvalue weighted by atomic mass is 16.1. The zero-order valence-electron chi connectivity index (χ0n) is 8.95. The molecule has 1 aromatic heterocycles. The highest BCUT2D eigenvalue weighted by molar-refractivity contribution is 5.11. The Labute approximate surface area is 83.8 Å². The van der Waals surface area contributed by atoms with E-state index in [4.69, 9.17) is 0 Å². The van der Waals surface area contributed by atoms with Crippen LogP contribution in [0.15, 0.2) is 17.2 Å². The second-order valence-electron chi connectivity index (χ2n) is 5.00. The zero-order valence-corrected chi connectivity index (χ0v) is 8.95. The molecule has 0 atom stereocenters. The molecule has 1 aliphatic carbocycles. The van der Waals surface area contributed by atoms with Gasteiger partial charge in [-0.15, -0.1) is 0 Å². The first-order valence-electron chi connectivity index (χ1n) is 5.07. The molecule has 1 saturated carbocycles. The van der Waals surface area contributed by atoms with Crippen LogP contribution >= 0.6 is 0 Å². The van der Waals surface area contributed by atoms with E-state index < -0.39 is 0 Å². The van der Waals surface area contributed by atoms with E-state index >= 15 is 0 Å². The first-order valence-corrected chi connectivity index (χ1v) is 5.07. The van der Waals surface area contributed by atoms with Crippen molar-refractivity contribution in [3.8, 4) is 0 Å². The van der Waals surface area contributed by atoms with E-state index in [1.165, 1.54) is 0 Å². The lowest BCUT2D eigenvalue weighted by molar-refractivity contribution is 0.553. The summed E-state index contributed by atoms with van der Waals surface area (Å²) in [6.07, 6.45) is 3.94. The van der Waals surface area contributed by atoms with Gasteiger partial charge in [-0.25, -0.2) is 4.98 Å². The van der Waals surface area contributed by atoms with Crippen LogP contribution < -0.4 is 5.56 Å². The molecule has 3 heteroatoms. The lowest BCUT2D eigenvalue weighted by atomic mass is 9.92. The number of aromatic nitrogens is 2. The molecule has 3 nitrogen and oxygen atoms in total. The Morgan fingerprint density at radius 2 is 2.07 bits per heavy atom. The van der Waals surface area contributed by atoms with Crippen molar-refractivity contribution >= 4 is 0 Å². The fourth-order valence-electron chi connectivity index (χ4n) is 1.45. The van der Waals surface area contributed by atoms with E-state index in [0.29, 0.717) is 6.04 Å². The smallest absolute Gasteiger partial charge is 0.253 e. The van der Waals surface area contributed by atoms with Crippen molar-refractivity contribution in [3.05, 3.63) is 28.4 Å². The quantitative estimate of drug-likeness (QED) is 0.681. The van der Waals surface area contributed by atoms with Gasteiger partial charge in [0.15, 0.2) is 0 Å². The van der Waals surface area contributed by atoms with Crippen molar-refractivity contribution in [1.29, 1.82) is 0 Å². The van der Waals surface area contributed by atoms with Crippen LogP contribution in [0.25, 0.3) is 0 Å². The normalized spacial score (nSPS) is 17.1. The summed E-state index contributed by atoms with van der Waals surface area (Å²) in [7, 11) is 0. The molecule has 0 aromatic carbocycles. The fraction of sp³-hybridized carbons (Fsp3) is 0.636. The van der Waals surface area contributed by atoms with Gasteiger partial charge in [-0.1, -0.05) is 20.8 Å². The van der Waals surface area contributed by atoms with Gasteiger partial charge >= 0.3 is 0 Å². The Hall–Kier alpha value is -1.12. The van der Waals surface area contributed by atoms with Crippen molar-refractivity contribution in [2.24, 2.45) is 0 Å². The second-order valence-corrected chi connectivity index (χ2v) is 5.00. The molecular weight excluding hydrogens is 176 g/mol. The third-order valence-electron chi connectivity index (χ3n) is 2.54. The monoisotopic (exact) mass is 192 g/mol. The minimum Gasteiger partial charge on any atom is -0.296 e. The van der Waals surface area contributed by atoms with Gasteiger partial charge in [0.25, 0.3) is 5.56 Å². The maximum Gasteiger partial charge on any atom is 0.253 e. The predicted molar refractivity (Wildman–Crippen MR) is 55.5 cm³/mol. The Morgan fingerprint density at radius 3 is 2.50 bits per heavy atom. The summed E-state index contributed by atoms with van der Waals surface area (Å²) < 4.78 is 1.75. The van der Waals surface area contributed by atoms with Crippen molar-refractivity contribution < 1.29 is 0 Å². The van der Waals surface area contributed by atoms with Crippen LogP contribution in [0.1, 0.15) is 45.3 Å². The summed E-state index contributed by atoms with van der Waals surface area (Å²) in [5, 5.41) is 0. The summed E-state index contributed by atoms with van der Waals surface area (Å²) in [6.45, 7) is 6.20. The highest BCUT2D eigenvalue weighted by Crippen LogP contribution is 2.33. The standard InChI is InChI=1S/C11H16N2O/c1-11(2,3)9-6-10(14)13(7-12-9)8-4-5-8/h6-8H,4-5H2,1-3H3. The molecular formula is C11H16N2O. The average Bonchev–Trinajstić information content (AvgIpc) is 2.85. The number of hydrogen-bond acceptors (Lipinski definition) is 2. The van der Waals surface area contributed by atoms with Gasteiger partial charge in [0, 0.05) is 17.5 Å². The van der Waals surface area contributed by atoms with Crippen LogP contribution in [0.3, 0.4) is 0 Å². The Kier molecular flexibility index (Phi) is 1.98. The van der Waals surface area contributed by atoms with E-state index in [-0.39, 0.29) is 11.0 Å². The molecule has 0 bridgehead atoms. The first-order chi connectivity index (χ1) is 6.48.